The largest absolute Gasteiger partial charge is 0.495 e. The number of aromatic nitrogens is 4. The van der Waals surface area contributed by atoms with Crippen LogP contribution in [0.2, 0.25) is 5.02 Å². The number of hydrogen-bond acceptors (Lipinski definition) is 7. The Kier molecular flexibility index (Phi) is 6.08. The molecule has 0 saturated heterocycles. The maximum Gasteiger partial charge on any atom is 0.338 e. The van der Waals surface area contributed by atoms with Crippen molar-refractivity contribution in [2.24, 2.45) is 0 Å². The minimum atomic E-state index is -1.03. The molecule has 29 heavy (non-hydrogen) atoms. The molecule has 0 aliphatic carbocycles. The number of ether oxygens (including phenoxy) is 2. The highest BCUT2D eigenvalue weighted by atomic mass is 35.5. The summed E-state index contributed by atoms with van der Waals surface area (Å²) >= 11 is 6.07. The molecule has 0 aliphatic heterocycles. The second kappa shape index (κ2) is 8.70. The molecule has 0 radical (unpaired) electrons. The lowest BCUT2D eigenvalue weighted by atomic mass is 10.2. The lowest BCUT2D eigenvalue weighted by Gasteiger charge is -2.16. The third-order valence-electron chi connectivity index (χ3n) is 4.11. The number of methoxy groups -OCH3 is 1. The van der Waals surface area contributed by atoms with E-state index in [1.165, 1.54) is 25.0 Å². The van der Waals surface area contributed by atoms with E-state index in [1.54, 1.807) is 43.3 Å². The lowest BCUT2D eigenvalue weighted by Crippen LogP contribution is -2.30. The Morgan fingerprint density at radius 2 is 1.93 bits per heavy atom. The molecule has 0 fully saturated rings. The molecule has 1 aromatic heterocycles. The SMILES string of the molecule is COc1cc(Cl)c(C)cc1NC(=O)[C@H](C)OC(=O)c1ccc(-n2cnnn2)cc1. The lowest BCUT2D eigenvalue weighted by molar-refractivity contribution is -0.123. The van der Waals surface area contributed by atoms with Crippen molar-refractivity contribution >= 4 is 29.2 Å². The van der Waals surface area contributed by atoms with Gasteiger partial charge in [0.25, 0.3) is 5.91 Å². The van der Waals surface area contributed by atoms with E-state index in [0.29, 0.717) is 27.7 Å². The number of amides is 1. The normalized spacial score (nSPS) is 11.6. The summed E-state index contributed by atoms with van der Waals surface area (Å²) in [5.74, 6) is -0.718. The highest BCUT2D eigenvalue weighted by Gasteiger charge is 2.21. The minimum Gasteiger partial charge on any atom is -0.495 e. The number of aryl methyl sites for hydroxylation is 1. The molecule has 0 unspecified atom stereocenters. The second-order valence-corrected chi connectivity index (χ2v) is 6.55. The standard InChI is InChI=1S/C19H18ClN5O4/c1-11-8-16(17(28-3)9-15(11)20)22-18(26)12(2)29-19(27)13-4-6-14(7-5-13)25-10-21-23-24-25/h4-10,12H,1-3H3,(H,22,26)/t12-/m0/s1. The molecular weight excluding hydrogens is 398 g/mol. The van der Waals surface area contributed by atoms with Gasteiger partial charge in [0.1, 0.15) is 12.1 Å². The third-order valence-corrected chi connectivity index (χ3v) is 4.52. The molecule has 0 aliphatic rings. The molecule has 3 rings (SSSR count). The molecule has 150 valence electrons. The number of hydrogen-bond donors (Lipinski definition) is 1. The van der Waals surface area contributed by atoms with Crippen LogP contribution in [0.15, 0.2) is 42.7 Å². The van der Waals surface area contributed by atoms with Gasteiger partial charge in [-0.3, -0.25) is 4.79 Å². The highest BCUT2D eigenvalue weighted by molar-refractivity contribution is 6.31. The van der Waals surface area contributed by atoms with Crippen LogP contribution in [0.4, 0.5) is 5.69 Å². The first-order chi connectivity index (χ1) is 13.9. The van der Waals surface area contributed by atoms with Crippen LogP contribution in [0.25, 0.3) is 5.69 Å². The van der Waals surface area contributed by atoms with Gasteiger partial charge in [-0.05, 0) is 60.2 Å². The first kappa shape index (κ1) is 20.3. The van der Waals surface area contributed by atoms with Crippen LogP contribution >= 0.6 is 11.6 Å². The van der Waals surface area contributed by atoms with Gasteiger partial charge in [0, 0.05) is 11.1 Å². The second-order valence-electron chi connectivity index (χ2n) is 6.14. The van der Waals surface area contributed by atoms with Crippen molar-refractivity contribution in [1.29, 1.82) is 0 Å². The van der Waals surface area contributed by atoms with Crippen molar-refractivity contribution in [2.75, 3.05) is 12.4 Å². The van der Waals surface area contributed by atoms with Crippen LogP contribution in [0.1, 0.15) is 22.8 Å². The Morgan fingerprint density at radius 1 is 1.21 bits per heavy atom. The fraction of sp³-hybridized carbons (Fsp3) is 0.211. The van der Waals surface area contributed by atoms with Crippen molar-refractivity contribution in [2.45, 2.75) is 20.0 Å². The fourth-order valence-corrected chi connectivity index (χ4v) is 2.63. The Morgan fingerprint density at radius 3 is 2.55 bits per heavy atom. The molecule has 0 bridgehead atoms. The quantitative estimate of drug-likeness (QED) is 0.616. The zero-order valence-electron chi connectivity index (χ0n) is 15.9. The number of halogens is 1. The van der Waals surface area contributed by atoms with Gasteiger partial charge in [0.2, 0.25) is 0 Å². The van der Waals surface area contributed by atoms with Gasteiger partial charge in [0.05, 0.1) is 24.0 Å². The zero-order chi connectivity index (χ0) is 21.0. The van der Waals surface area contributed by atoms with Gasteiger partial charge in [-0.1, -0.05) is 11.6 Å². The summed E-state index contributed by atoms with van der Waals surface area (Å²) in [7, 11) is 1.47. The monoisotopic (exact) mass is 415 g/mol. The van der Waals surface area contributed by atoms with Crippen molar-refractivity contribution in [3.05, 3.63) is 58.9 Å². The maximum absolute atomic E-state index is 12.5. The summed E-state index contributed by atoms with van der Waals surface area (Å²) in [6, 6.07) is 9.75. The summed E-state index contributed by atoms with van der Waals surface area (Å²) in [6.45, 7) is 3.29. The fourth-order valence-electron chi connectivity index (χ4n) is 2.48. The Hall–Kier alpha value is -3.46. The van der Waals surface area contributed by atoms with E-state index in [-0.39, 0.29) is 0 Å². The van der Waals surface area contributed by atoms with Crippen molar-refractivity contribution in [3.8, 4) is 11.4 Å². The summed E-state index contributed by atoms with van der Waals surface area (Å²) in [4.78, 5) is 24.8. The van der Waals surface area contributed by atoms with E-state index in [1.807, 2.05) is 0 Å². The smallest absolute Gasteiger partial charge is 0.338 e. The van der Waals surface area contributed by atoms with Gasteiger partial charge in [0.15, 0.2) is 6.10 Å². The van der Waals surface area contributed by atoms with Crippen LogP contribution in [0, 0.1) is 6.92 Å². The summed E-state index contributed by atoms with van der Waals surface area (Å²) in [5, 5.41) is 14.1. The van der Waals surface area contributed by atoms with Crippen LogP contribution in [0.5, 0.6) is 5.75 Å². The van der Waals surface area contributed by atoms with Gasteiger partial charge in [-0.25, -0.2) is 9.48 Å². The van der Waals surface area contributed by atoms with Gasteiger partial charge in [-0.15, -0.1) is 5.10 Å². The van der Waals surface area contributed by atoms with Crippen LogP contribution in [-0.2, 0) is 9.53 Å². The molecule has 0 spiro atoms. The van der Waals surface area contributed by atoms with E-state index in [4.69, 9.17) is 21.1 Å². The summed E-state index contributed by atoms with van der Waals surface area (Å²) in [5.41, 5.74) is 2.19. The van der Waals surface area contributed by atoms with E-state index in [2.05, 4.69) is 20.8 Å². The van der Waals surface area contributed by atoms with E-state index in [9.17, 15) is 9.59 Å². The van der Waals surface area contributed by atoms with Crippen LogP contribution in [-0.4, -0.2) is 45.3 Å². The number of tetrazole rings is 1. The number of nitrogens with zero attached hydrogens (tertiary/aromatic N) is 4. The van der Waals surface area contributed by atoms with Crippen LogP contribution in [0.3, 0.4) is 0 Å². The van der Waals surface area contributed by atoms with E-state index in [0.717, 1.165) is 5.56 Å². The number of anilines is 1. The molecule has 3 aromatic rings. The van der Waals surface area contributed by atoms with Crippen molar-refractivity contribution < 1.29 is 19.1 Å². The molecule has 2 aromatic carbocycles. The third kappa shape index (κ3) is 4.69. The Bertz CT molecular complexity index is 1020. The van der Waals surface area contributed by atoms with Gasteiger partial charge >= 0.3 is 5.97 Å². The van der Waals surface area contributed by atoms with Crippen molar-refractivity contribution in [1.82, 2.24) is 20.2 Å². The van der Waals surface area contributed by atoms with E-state index >= 15 is 0 Å². The number of rotatable bonds is 6. The number of benzene rings is 2. The molecule has 9 nitrogen and oxygen atoms in total. The number of nitrogens with one attached hydrogen (secondary N) is 1. The molecule has 0 saturated carbocycles. The summed E-state index contributed by atoms with van der Waals surface area (Å²) < 4.78 is 11.9. The predicted octanol–water partition coefficient (Wildman–Crippen LogP) is 2.82. The first-order valence-corrected chi connectivity index (χ1v) is 8.96. The van der Waals surface area contributed by atoms with Gasteiger partial charge < -0.3 is 14.8 Å². The summed E-state index contributed by atoms with van der Waals surface area (Å²) in [6.07, 6.45) is 0.411. The highest BCUT2D eigenvalue weighted by Crippen LogP contribution is 2.31. The molecule has 1 heterocycles. The average molecular weight is 416 g/mol. The number of esters is 1. The maximum atomic E-state index is 12.5. The number of carbonyl (C=O) groups excluding carboxylic acids is 2. The first-order valence-electron chi connectivity index (χ1n) is 8.58. The minimum absolute atomic E-state index is 0.293. The van der Waals surface area contributed by atoms with Gasteiger partial charge in [-0.2, -0.15) is 0 Å². The van der Waals surface area contributed by atoms with Crippen molar-refractivity contribution in [3.63, 3.8) is 0 Å². The number of carbonyl (C=O) groups is 2. The predicted molar refractivity (Wildman–Crippen MR) is 105 cm³/mol. The topological polar surface area (TPSA) is 108 Å². The molecule has 1 amide bonds. The zero-order valence-corrected chi connectivity index (χ0v) is 16.7. The molecule has 1 N–H and O–H groups in total. The average Bonchev–Trinajstić information content (AvgIpc) is 3.25. The molecule has 1 atom stereocenters. The Balaban J connectivity index is 1.65. The van der Waals surface area contributed by atoms with E-state index < -0.39 is 18.0 Å². The molecular formula is C19H18ClN5O4. The van der Waals surface area contributed by atoms with Crippen LogP contribution < -0.4 is 10.1 Å². The Labute approximate surface area is 171 Å². The molecule has 10 heteroatoms.